The summed E-state index contributed by atoms with van der Waals surface area (Å²) >= 11 is 3.11. The molecule has 4 heteroatoms. The number of rotatable bonds is 6. The molecule has 2 atom stereocenters. The van der Waals surface area contributed by atoms with Gasteiger partial charge in [-0.2, -0.15) is 0 Å². The number of carbonyl (C=O) groups is 1. The molecular weight excluding hydrogens is 261 g/mol. The Morgan fingerprint density at radius 1 is 1.60 bits per heavy atom. The smallest absolute Gasteiger partial charge is 0.235 e. The number of hydrogen-bond acceptors (Lipinski definition) is 1. The van der Waals surface area contributed by atoms with Gasteiger partial charge in [0.2, 0.25) is 5.91 Å². The second-order valence-electron chi connectivity index (χ2n) is 4.20. The number of amides is 1. The molecule has 1 amide bonds. The first-order valence-electron chi connectivity index (χ1n) is 5.63. The molecule has 0 aromatic carbocycles. The van der Waals surface area contributed by atoms with E-state index >= 15 is 0 Å². The Labute approximate surface area is 99.3 Å². The lowest BCUT2D eigenvalue weighted by Crippen LogP contribution is -2.46. The van der Waals surface area contributed by atoms with Gasteiger partial charge in [0, 0.05) is 6.04 Å². The third kappa shape index (κ3) is 3.44. The molecule has 0 N–H and O–H groups in total. The van der Waals surface area contributed by atoms with Gasteiger partial charge < -0.3 is 4.90 Å². The average molecular weight is 280 g/mol. The fraction of sp³-hybridized carbons (Fsp3) is 0.909. The van der Waals surface area contributed by atoms with Crippen molar-refractivity contribution >= 4 is 21.8 Å². The molecule has 0 bridgehead atoms. The van der Waals surface area contributed by atoms with E-state index in [0.29, 0.717) is 5.92 Å². The molecule has 1 unspecified atom stereocenters. The van der Waals surface area contributed by atoms with Crippen LogP contribution in [0.5, 0.6) is 0 Å². The van der Waals surface area contributed by atoms with Crippen molar-refractivity contribution < 1.29 is 9.18 Å². The molecule has 1 aliphatic rings. The summed E-state index contributed by atoms with van der Waals surface area (Å²) in [6, 6.07) is 0.111. The van der Waals surface area contributed by atoms with Crippen LogP contribution >= 0.6 is 15.9 Å². The van der Waals surface area contributed by atoms with Gasteiger partial charge in [-0.05, 0) is 32.1 Å². The Kier molecular flexibility index (Phi) is 5.03. The summed E-state index contributed by atoms with van der Waals surface area (Å²) in [6.45, 7) is 3.53. The molecule has 0 aliphatic heterocycles. The van der Waals surface area contributed by atoms with Gasteiger partial charge in [-0.15, -0.1) is 0 Å². The number of nitrogens with zero attached hydrogens (tertiary/aromatic N) is 1. The Hall–Kier alpha value is -0.120. The predicted octanol–water partition coefficient (Wildman–Crippen LogP) is 3.10. The Morgan fingerprint density at radius 3 is 2.53 bits per heavy atom. The van der Waals surface area contributed by atoms with Gasteiger partial charge >= 0.3 is 0 Å². The molecule has 1 rings (SSSR count). The van der Waals surface area contributed by atoms with Crippen molar-refractivity contribution in [2.75, 3.05) is 5.33 Å². The van der Waals surface area contributed by atoms with Crippen LogP contribution in [0, 0.1) is 5.92 Å². The number of alkyl halides is 2. The number of halogens is 2. The van der Waals surface area contributed by atoms with Crippen molar-refractivity contribution in [1.29, 1.82) is 0 Å². The van der Waals surface area contributed by atoms with Gasteiger partial charge in [-0.3, -0.25) is 4.79 Å². The van der Waals surface area contributed by atoms with Crippen LogP contribution in [-0.2, 0) is 4.79 Å². The lowest BCUT2D eigenvalue weighted by molar-refractivity contribution is -0.137. The van der Waals surface area contributed by atoms with Crippen LogP contribution in [0.15, 0.2) is 0 Å². The fourth-order valence-corrected chi connectivity index (χ4v) is 2.38. The maximum absolute atomic E-state index is 13.4. The van der Waals surface area contributed by atoms with Crippen molar-refractivity contribution in [3.63, 3.8) is 0 Å². The van der Waals surface area contributed by atoms with Gasteiger partial charge in [-0.1, -0.05) is 29.3 Å². The second-order valence-corrected chi connectivity index (χ2v) is 4.76. The Bertz CT molecular complexity index is 219. The first kappa shape index (κ1) is 12.9. The van der Waals surface area contributed by atoms with Crippen LogP contribution in [0.4, 0.5) is 4.39 Å². The molecule has 88 valence electrons. The van der Waals surface area contributed by atoms with Crippen LogP contribution in [0.2, 0.25) is 0 Å². The van der Waals surface area contributed by atoms with Gasteiger partial charge in [0.05, 0.1) is 5.33 Å². The summed E-state index contributed by atoms with van der Waals surface area (Å²) in [5.74, 6) is 0.404. The van der Waals surface area contributed by atoms with E-state index in [1.807, 2.05) is 0 Å². The van der Waals surface area contributed by atoms with E-state index in [4.69, 9.17) is 0 Å². The van der Waals surface area contributed by atoms with Crippen molar-refractivity contribution in [1.82, 2.24) is 4.90 Å². The first-order valence-corrected chi connectivity index (χ1v) is 6.75. The van der Waals surface area contributed by atoms with Crippen molar-refractivity contribution in [3.05, 3.63) is 0 Å². The molecule has 0 aromatic heterocycles. The average Bonchev–Trinajstić information content (AvgIpc) is 2.99. The highest BCUT2D eigenvalue weighted by Gasteiger charge is 2.38. The molecule has 1 aliphatic carbocycles. The van der Waals surface area contributed by atoms with Crippen molar-refractivity contribution in [3.8, 4) is 0 Å². The molecule has 0 spiro atoms. The van der Waals surface area contributed by atoms with Gasteiger partial charge in [0.1, 0.15) is 0 Å². The third-order valence-corrected chi connectivity index (χ3v) is 3.37. The summed E-state index contributed by atoms with van der Waals surface area (Å²) < 4.78 is 13.4. The summed E-state index contributed by atoms with van der Waals surface area (Å²) in [4.78, 5) is 13.1. The molecule has 0 radical (unpaired) electrons. The third-order valence-electron chi connectivity index (χ3n) is 2.89. The molecule has 0 heterocycles. The van der Waals surface area contributed by atoms with E-state index < -0.39 is 6.30 Å². The lowest BCUT2D eigenvalue weighted by atomic mass is 10.0. The highest BCUT2D eigenvalue weighted by atomic mass is 79.9. The zero-order valence-corrected chi connectivity index (χ0v) is 11.0. The quantitative estimate of drug-likeness (QED) is 0.541. The van der Waals surface area contributed by atoms with Gasteiger partial charge in [0.15, 0.2) is 6.30 Å². The minimum atomic E-state index is -1.17. The van der Waals surface area contributed by atoms with E-state index in [2.05, 4.69) is 22.9 Å². The van der Waals surface area contributed by atoms with E-state index in [9.17, 15) is 9.18 Å². The molecule has 15 heavy (non-hydrogen) atoms. The van der Waals surface area contributed by atoms with Gasteiger partial charge in [0.25, 0.3) is 0 Å². The molecule has 2 nitrogen and oxygen atoms in total. The van der Waals surface area contributed by atoms with Crippen LogP contribution < -0.4 is 0 Å². The standard InChI is InChI=1S/C11H19BrFNO/c1-3-4-10(9-5-6-9)14(8(2)13)11(15)7-12/h8-10H,3-7H2,1-2H3/t8?,10-/m1/s1. The summed E-state index contributed by atoms with van der Waals surface area (Å²) in [6.07, 6.45) is 3.03. The van der Waals surface area contributed by atoms with E-state index in [0.717, 1.165) is 25.7 Å². The van der Waals surface area contributed by atoms with Crippen molar-refractivity contribution in [2.45, 2.75) is 51.9 Å². The van der Waals surface area contributed by atoms with Crippen LogP contribution in [0.25, 0.3) is 0 Å². The largest absolute Gasteiger partial charge is 0.309 e. The summed E-state index contributed by atoms with van der Waals surface area (Å²) in [5, 5.41) is 0.216. The molecule has 1 saturated carbocycles. The maximum Gasteiger partial charge on any atom is 0.235 e. The minimum Gasteiger partial charge on any atom is -0.309 e. The van der Waals surface area contributed by atoms with E-state index in [-0.39, 0.29) is 17.3 Å². The summed E-state index contributed by atoms with van der Waals surface area (Å²) in [5.41, 5.74) is 0. The monoisotopic (exact) mass is 279 g/mol. The number of carbonyl (C=O) groups excluding carboxylic acids is 1. The lowest BCUT2D eigenvalue weighted by Gasteiger charge is -2.32. The SMILES string of the molecule is CCC[C@H](C1CC1)N(C(=O)CBr)C(C)F. The predicted molar refractivity (Wildman–Crippen MR) is 62.6 cm³/mol. The zero-order chi connectivity index (χ0) is 11.4. The van der Waals surface area contributed by atoms with E-state index in [1.165, 1.54) is 11.8 Å². The van der Waals surface area contributed by atoms with E-state index in [1.54, 1.807) is 0 Å². The van der Waals surface area contributed by atoms with Crippen molar-refractivity contribution in [2.24, 2.45) is 5.92 Å². The zero-order valence-electron chi connectivity index (χ0n) is 9.38. The maximum atomic E-state index is 13.4. The highest BCUT2D eigenvalue weighted by Crippen LogP contribution is 2.38. The number of hydrogen-bond donors (Lipinski definition) is 0. The van der Waals surface area contributed by atoms with Crippen LogP contribution in [0.1, 0.15) is 39.5 Å². The molecule has 0 saturated heterocycles. The van der Waals surface area contributed by atoms with Gasteiger partial charge in [-0.25, -0.2) is 4.39 Å². The Balaban J connectivity index is 2.69. The molecule has 0 aromatic rings. The minimum absolute atomic E-state index is 0.111. The van der Waals surface area contributed by atoms with Crippen LogP contribution in [-0.4, -0.2) is 28.5 Å². The summed E-state index contributed by atoms with van der Waals surface area (Å²) in [7, 11) is 0. The molecule has 1 fully saturated rings. The first-order chi connectivity index (χ1) is 7.11. The van der Waals surface area contributed by atoms with Crippen LogP contribution in [0.3, 0.4) is 0 Å². The molecular formula is C11H19BrFNO. The topological polar surface area (TPSA) is 20.3 Å². The highest BCUT2D eigenvalue weighted by molar-refractivity contribution is 9.09. The fourth-order valence-electron chi connectivity index (χ4n) is 2.09. The second kappa shape index (κ2) is 5.83. The Morgan fingerprint density at radius 2 is 2.20 bits per heavy atom. The normalized spacial score (nSPS) is 19.7.